The van der Waals surface area contributed by atoms with Crippen LogP contribution in [-0.4, -0.2) is 40.9 Å². The minimum absolute atomic E-state index is 0.189. The molecule has 5 nitrogen and oxygen atoms in total. The zero-order valence-electron chi connectivity index (χ0n) is 12.5. The third-order valence-electron chi connectivity index (χ3n) is 3.53. The summed E-state index contributed by atoms with van der Waals surface area (Å²) < 4.78 is 0. The maximum absolute atomic E-state index is 11.1. The second-order valence-electron chi connectivity index (χ2n) is 5.36. The van der Waals surface area contributed by atoms with E-state index in [-0.39, 0.29) is 6.54 Å². The van der Waals surface area contributed by atoms with Crippen LogP contribution in [0, 0.1) is 0 Å². The average molecular weight is 294 g/mol. The molecule has 0 amide bonds. The van der Waals surface area contributed by atoms with E-state index < -0.39 is 24.2 Å². The van der Waals surface area contributed by atoms with Gasteiger partial charge >= 0.3 is 5.97 Å². The molecule has 1 rings (SSSR count). The summed E-state index contributed by atoms with van der Waals surface area (Å²) in [6, 6.07) is 8.67. The molecular weight excluding hydrogens is 268 g/mol. The van der Waals surface area contributed by atoms with E-state index in [0.717, 1.165) is 18.4 Å². The monoisotopic (exact) mass is 294 g/mol. The SMILES string of the molecule is CCCC[C@H](NC[C@@H](O)[C@@H](N)Cc1ccccc1)C(=O)O. The number of nitrogens with two attached hydrogens (primary N) is 1. The van der Waals surface area contributed by atoms with Crippen molar-refractivity contribution < 1.29 is 15.0 Å². The second-order valence-corrected chi connectivity index (χ2v) is 5.36. The number of carboxylic acid groups (broad SMARTS) is 1. The third kappa shape index (κ3) is 6.71. The number of carbonyl (C=O) groups is 1. The molecule has 0 aliphatic heterocycles. The number of hydrogen-bond donors (Lipinski definition) is 4. The lowest BCUT2D eigenvalue weighted by atomic mass is 10.0. The summed E-state index contributed by atoms with van der Waals surface area (Å²) in [5.41, 5.74) is 7.03. The van der Waals surface area contributed by atoms with Gasteiger partial charge in [-0.05, 0) is 18.4 Å². The first kappa shape index (κ1) is 17.6. The van der Waals surface area contributed by atoms with Gasteiger partial charge in [-0.25, -0.2) is 0 Å². The number of nitrogens with one attached hydrogen (secondary N) is 1. The zero-order chi connectivity index (χ0) is 15.7. The van der Waals surface area contributed by atoms with Crippen molar-refractivity contribution in [3.8, 4) is 0 Å². The van der Waals surface area contributed by atoms with E-state index in [1.54, 1.807) is 0 Å². The van der Waals surface area contributed by atoms with Gasteiger partial charge in [-0.15, -0.1) is 0 Å². The van der Waals surface area contributed by atoms with Crippen molar-refractivity contribution >= 4 is 5.97 Å². The van der Waals surface area contributed by atoms with Crippen molar-refractivity contribution in [1.29, 1.82) is 0 Å². The first-order valence-corrected chi connectivity index (χ1v) is 7.48. The zero-order valence-corrected chi connectivity index (χ0v) is 12.5. The molecule has 3 atom stereocenters. The van der Waals surface area contributed by atoms with Crippen LogP contribution in [0.25, 0.3) is 0 Å². The summed E-state index contributed by atoms with van der Waals surface area (Å²) in [6.45, 7) is 2.21. The van der Waals surface area contributed by atoms with E-state index in [4.69, 9.17) is 10.8 Å². The molecule has 0 saturated carbocycles. The molecule has 0 aliphatic carbocycles. The number of aliphatic hydroxyl groups is 1. The minimum atomic E-state index is -0.882. The smallest absolute Gasteiger partial charge is 0.320 e. The standard InChI is InChI=1S/C16H26N2O3/c1-2-3-9-14(16(20)21)18-11-15(19)13(17)10-12-7-5-4-6-8-12/h4-8,13-15,18-19H,2-3,9-11,17H2,1H3,(H,20,21)/t13-,14-,15+/m0/s1. The van der Waals surface area contributed by atoms with Gasteiger partial charge in [-0.3, -0.25) is 4.79 Å². The number of aliphatic carboxylic acids is 1. The Morgan fingerprint density at radius 3 is 2.57 bits per heavy atom. The molecule has 0 heterocycles. The van der Waals surface area contributed by atoms with Crippen molar-refractivity contribution in [3.05, 3.63) is 35.9 Å². The lowest BCUT2D eigenvalue weighted by Crippen LogP contribution is -2.47. The van der Waals surface area contributed by atoms with Crippen LogP contribution in [-0.2, 0) is 11.2 Å². The molecule has 21 heavy (non-hydrogen) atoms. The average Bonchev–Trinajstić information content (AvgIpc) is 2.47. The van der Waals surface area contributed by atoms with Crippen molar-refractivity contribution in [1.82, 2.24) is 5.32 Å². The van der Waals surface area contributed by atoms with Gasteiger partial charge in [0.15, 0.2) is 0 Å². The Morgan fingerprint density at radius 1 is 1.33 bits per heavy atom. The summed E-state index contributed by atoms with van der Waals surface area (Å²) in [7, 11) is 0. The van der Waals surface area contributed by atoms with Crippen LogP contribution in [0.4, 0.5) is 0 Å². The Morgan fingerprint density at radius 2 is 2.00 bits per heavy atom. The molecule has 0 aliphatic rings. The molecule has 0 radical (unpaired) electrons. The Balaban J connectivity index is 2.40. The normalized spacial score (nSPS) is 15.4. The highest BCUT2D eigenvalue weighted by atomic mass is 16.4. The lowest BCUT2D eigenvalue weighted by Gasteiger charge is -2.22. The van der Waals surface area contributed by atoms with Gasteiger partial charge in [0.1, 0.15) is 6.04 Å². The van der Waals surface area contributed by atoms with E-state index in [0.29, 0.717) is 12.8 Å². The van der Waals surface area contributed by atoms with Crippen LogP contribution in [0.5, 0.6) is 0 Å². The molecule has 5 heteroatoms. The Kier molecular flexibility index (Phi) is 7.97. The Bertz CT molecular complexity index is 411. The number of unbranched alkanes of at least 4 members (excludes halogenated alkanes) is 1. The highest BCUT2D eigenvalue weighted by Gasteiger charge is 2.20. The number of hydrogen-bond acceptors (Lipinski definition) is 4. The maximum atomic E-state index is 11.1. The van der Waals surface area contributed by atoms with Gasteiger partial charge in [0, 0.05) is 12.6 Å². The Labute approximate surface area is 126 Å². The van der Waals surface area contributed by atoms with E-state index in [2.05, 4.69) is 5.32 Å². The molecule has 0 aromatic heterocycles. The molecule has 0 bridgehead atoms. The van der Waals surface area contributed by atoms with E-state index in [9.17, 15) is 9.90 Å². The van der Waals surface area contributed by atoms with Crippen LogP contribution in [0.2, 0.25) is 0 Å². The number of carboxylic acids is 1. The number of benzene rings is 1. The fourth-order valence-corrected chi connectivity index (χ4v) is 2.16. The van der Waals surface area contributed by atoms with Crippen molar-refractivity contribution in [3.63, 3.8) is 0 Å². The highest BCUT2D eigenvalue weighted by molar-refractivity contribution is 5.73. The predicted octanol–water partition coefficient (Wildman–Crippen LogP) is 1.15. The van der Waals surface area contributed by atoms with Crippen molar-refractivity contribution in [2.75, 3.05) is 6.54 Å². The predicted molar refractivity (Wildman–Crippen MR) is 83.1 cm³/mol. The van der Waals surface area contributed by atoms with Crippen LogP contribution >= 0.6 is 0 Å². The van der Waals surface area contributed by atoms with Crippen molar-refractivity contribution in [2.45, 2.75) is 50.8 Å². The molecule has 5 N–H and O–H groups in total. The third-order valence-corrected chi connectivity index (χ3v) is 3.53. The van der Waals surface area contributed by atoms with Gasteiger partial charge < -0.3 is 21.3 Å². The number of aliphatic hydroxyl groups excluding tert-OH is 1. The molecule has 1 aromatic carbocycles. The second kappa shape index (κ2) is 9.50. The molecule has 118 valence electrons. The molecule has 0 fully saturated rings. The van der Waals surface area contributed by atoms with Crippen LogP contribution in [0.15, 0.2) is 30.3 Å². The van der Waals surface area contributed by atoms with E-state index >= 15 is 0 Å². The molecule has 0 unspecified atom stereocenters. The largest absolute Gasteiger partial charge is 0.480 e. The number of rotatable bonds is 10. The first-order chi connectivity index (χ1) is 10.0. The summed E-state index contributed by atoms with van der Waals surface area (Å²) >= 11 is 0. The summed E-state index contributed by atoms with van der Waals surface area (Å²) in [6.07, 6.45) is 2.15. The fourth-order valence-electron chi connectivity index (χ4n) is 2.16. The fraction of sp³-hybridized carbons (Fsp3) is 0.562. The summed E-state index contributed by atoms with van der Waals surface area (Å²) in [5, 5.41) is 22.1. The van der Waals surface area contributed by atoms with Crippen LogP contribution in [0.3, 0.4) is 0 Å². The van der Waals surface area contributed by atoms with E-state index in [1.807, 2.05) is 37.3 Å². The molecular formula is C16H26N2O3. The lowest BCUT2D eigenvalue weighted by molar-refractivity contribution is -0.139. The molecule has 0 saturated heterocycles. The highest BCUT2D eigenvalue weighted by Crippen LogP contribution is 2.05. The minimum Gasteiger partial charge on any atom is -0.480 e. The Hall–Kier alpha value is -1.43. The topological polar surface area (TPSA) is 95.6 Å². The molecule has 1 aromatic rings. The van der Waals surface area contributed by atoms with Crippen LogP contribution < -0.4 is 11.1 Å². The van der Waals surface area contributed by atoms with Gasteiger partial charge in [0.2, 0.25) is 0 Å². The van der Waals surface area contributed by atoms with Crippen LogP contribution in [0.1, 0.15) is 31.7 Å². The quantitative estimate of drug-likeness (QED) is 0.519. The van der Waals surface area contributed by atoms with Gasteiger partial charge in [0.05, 0.1) is 6.10 Å². The summed E-state index contributed by atoms with van der Waals surface area (Å²) in [4.78, 5) is 11.1. The van der Waals surface area contributed by atoms with Gasteiger partial charge in [-0.2, -0.15) is 0 Å². The van der Waals surface area contributed by atoms with E-state index in [1.165, 1.54) is 0 Å². The first-order valence-electron chi connectivity index (χ1n) is 7.48. The van der Waals surface area contributed by atoms with Crippen molar-refractivity contribution in [2.24, 2.45) is 5.73 Å². The summed E-state index contributed by atoms with van der Waals surface area (Å²) in [5.74, 6) is -0.882. The van der Waals surface area contributed by atoms with Gasteiger partial charge in [-0.1, -0.05) is 50.1 Å². The van der Waals surface area contributed by atoms with Gasteiger partial charge in [0.25, 0.3) is 0 Å². The molecule has 0 spiro atoms. The maximum Gasteiger partial charge on any atom is 0.320 e.